The SMILES string of the molecule is CC(C)C1CCCN(S(=O)(=O)c2cnc(N)nc2)CC1. The molecule has 0 amide bonds. The fraction of sp³-hybridized carbons (Fsp3) is 0.692. The molecule has 112 valence electrons. The van der Waals surface area contributed by atoms with Gasteiger partial charge in [-0.25, -0.2) is 18.4 Å². The highest BCUT2D eigenvalue weighted by atomic mass is 32.2. The highest BCUT2D eigenvalue weighted by Crippen LogP contribution is 2.27. The quantitative estimate of drug-likeness (QED) is 0.913. The van der Waals surface area contributed by atoms with E-state index >= 15 is 0 Å². The molecule has 2 heterocycles. The van der Waals surface area contributed by atoms with Gasteiger partial charge >= 0.3 is 0 Å². The average molecular weight is 298 g/mol. The molecule has 1 saturated heterocycles. The van der Waals surface area contributed by atoms with E-state index in [4.69, 9.17) is 5.73 Å². The molecule has 1 fully saturated rings. The minimum absolute atomic E-state index is 0.0830. The molecule has 2 N–H and O–H groups in total. The molecule has 2 rings (SSSR count). The van der Waals surface area contributed by atoms with Gasteiger partial charge in [0.25, 0.3) is 0 Å². The van der Waals surface area contributed by atoms with Gasteiger partial charge in [-0.3, -0.25) is 0 Å². The first-order valence-electron chi connectivity index (χ1n) is 6.99. The second-order valence-corrected chi connectivity index (χ2v) is 7.55. The largest absolute Gasteiger partial charge is 0.368 e. The Balaban J connectivity index is 2.16. The Hall–Kier alpha value is -1.21. The number of rotatable bonds is 3. The molecular formula is C13H22N4O2S. The van der Waals surface area contributed by atoms with Crippen molar-refractivity contribution in [2.45, 2.75) is 38.0 Å². The van der Waals surface area contributed by atoms with E-state index in [0.717, 1.165) is 19.3 Å². The van der Waals surface area contributed by atoms with Gasteiger partial charge in [-0.1, -0.05) is 13.8 Å². The highest BCUT2D eigenvalue weighted by Gasteiger charge is 2.28. The normalized spacial score (nSPS) is 21.9. The molecule has 20 heavy (non-hydrogen) atoms. The maximum atomic E-state index is 12.5. The lowest BCUT2D eigenvalue weighted by Gasteiger charge is -2.21. The summed E-state index contributed by atoms with van der Waals surface area (Å²) in [5.41, 5.74) is 5.39. The maximum absolute atomic E-state index is 12.5. The van der Waals surface area contributed by atoms with Crippen LogP contribution in [-0.2, 0) is 10.0 Å². The molecule has 7 heteroatoms. The minimum atomic E-state index is -3.50. The Labute approximate surface area is 120 Å². The van der Waals surface area contributed by atoms with Crippen molar-refractivity contribution in [2.24, 2.45) is 11.8 Å². The van der Waals surface area contributed by atoms with Crippen LogP contribution in [0.4, 0.5) is 5.95 Å². The van der Waals surface area contributed by atoms with Crippen LogP contribution in [0.2, 0.25) is 0 Å². The first-order valence-corrected chi connectivity index (χ1v) is 8.43. The van der Waals surface area contributed by atoms with E-state index in [1.807, 2.05) is 0 Å². The predicted octanol–water partition coefficient (Wildman–Crippen LogP) is 1.51. The van der Waals surface area contributed by atoms with Crippen molar-refractivity contribution in [1.82, 2.24) is 14.3 Å². The van der Waals surface area contributed by atoms with Gasteiger partial charge in [-0.2, -0.15) is 4.31 Å². The van der Waals surface area contributed by atoms with E-state index in [2.05, 4.69) is 23.8 Å². The van der Waals surface area contributed by atoms with Crippen LogP contribution < -0.4 is 5.73 Å². The monoisotopic (exact) mass is 298 g/mol. The Morgan fingerprint density at radius 2 is 1.90 bits per heavy atom. The summed E-state index contributed by atoms with van der Waals surface area (Å²) < 4.78 is 26.6. The van der Waals surface area contributed by atoms with Crippen LogP contribution in [0.1, 0.15) is 33.1 Å². The summed E-state index contributed by atoms with van der Waals surface area (Å²) in [5, 5.41) is 0. The van der Waals surface area contributed by atoms with Gasteiger partial charge < -0.3 is 5.73 Å². The third-order valence-electron chi connectivity index (χ3n) is 3.96. The molecule has 0 saturated carbocycles. The lowest BCUT2D eigenvalue weighted by atomic mass is 9.89. The van der Waals surface area contributed by atoms with E-state index in [1.54, 1.807) is 4.31 Å². The van der Waals surface area contributed by atoms with Crippen molar-refractivity contribution in [3.05, 3.63) is 12.4 Å². The zero-order chi connectivity index (χ0) is 14.8. The number of sulfonamides is 1. The van der Waals surface area contributed by atoms with Crippen molar-refractivity contribution in [3.63, 3.8) is 0 Å². The molecule has 1 atom stereocenters. The Bertz CT molecular complexity index is 542. The van der Waals surface area contributed by atoms with Gasteiger partial charge in [-0.05, 0) is 31.1 Å². The van der Waals surface area contributed by atoms with Crippen LogP contribution in [-0.4, -0.2) is 35.8 Å². The fourth-order valence-corrected chi connectivity index (χ4v) is 4.00. The summed E-state index contributed by atoms with van der Waals surface area (Å²) in [5.74, 6) is 1.27. The first-order chi connectivity index (χ1) is 9.41. The zero-order valence-corrected chi connectivity index (χ0v) is 12.8. The van der Waals surface area contributed by atoms with Crippen molar-refractivity contribution in [1.29, 1.82) is 0 Å². The molecule has 0 bridgehead atoms. The summed E-state index contributed by atoms with van der Waals surface area (Å²) >= 11 is 0. The molecule has 0 aromatic carbocycles. The average Bonchev–Trinajstić information content (AvgIpc) is 2.65. The van der Waals surface area contributed by atoms with Gasteiger partial charge in [0.1, 0.15) is 4.90 Å². The summed E-state index contributed by atoms with van der Waals surface area (Å²) in [6, 6.07) is 0. The Morgan fingerprint density at radius 1 is 1.25 bits per heavy atom. The van der Waals surface area contributed by atoms with Crippen LogP contribution in [0.3, 0.4) is 0 Å². The molecular weight excluding hydrogens is 276 g/mol. The molecule has 1 aromatic heterocycles. The van der Waals surface area contributed by atoms with Crippen molar-refractivity contribution < 1.29 is 8.42 Å². The van der Waals surface area contributed by atoms with Crippen LogP contribution in [0.15, 0.2) is 17.3 Å². The van der Waals surface area contributed by atoms with E-state index in [0.29, 0.717) is 24.9 Å². The van der Waals surface area contributed by atoms with E-state index in [1.165, 1.54) is 12.4 Å². The Morgan fingerprint density at radius 3 is 2.50 bits per heavy atom. The first kappa shape index (κ1) is 15.2. The Kier molecular flexibility index (Phi) is 4.59. The molecule has 0 aliphatic carbocycles. The summed E-state index contributed by atoms with van der Waals surface area (Å²) in [4.78, 5) is 7.66. The molecule has 1 aliphatic rings. The lowest BCUT2D eigenvalue weighted by molar-refractivity contribution is 0.340. The number of nitrogens with two attached hydrogens (primary N) is 1. The number of hydrogen-bond acceptors (Lipinski definition) is 5. The molecule has 0 spiro atoms. The number of anilines is 1. The van der Waals surface area contributed by atoms with Crippen molar-refractivity contribution in [3.8, 4) is 0 Å². The second kappa shape index (κ2) is 6.05. The van der Waals surface area contributed by atoms with E-state index in [9.17, 15) is 8.42 Å². The highest BCUT2D eigenvalue weighted by molar-refractivity contribution is 7.89. The standard InChI is InChI=1S/C13H22N4O2S/c1-10(2)11-4-3-6-17(7-5-11)20(18,19)12-8-15-13(14)16-9-12/h8-11H,3-7H2,1-2H3,(H2,14,15,16). The van der Waals surface area contributed by atoms with Crippen LogP contribution >= 0.6 is 0 Å². The number of aromatic nitrogens is 2. The zero-order valence-electron chi connectivity index (χ0n) is 12.0. The molecule has 1 aromatic rings. The number of hydrogen-bond donors (Lipinski definition) is 1. The smallest absolute Gasteiger partial charge is 0.246 e. The molecule has 1 unspecified atom stereocenters. The van der Waals surface area contributed by atoms with Gasteiger partial charge in [0.2, 0.25) is 16.0 Å². The number of nitrogens with zero attached hydrogens (tertiary/aromatic N) is 3. The van der Waals surface area contributed by atoms with Crippen LogP contribution in [0.5, 0.6) is 0 Å². The molecule has 6 nitrogen and oxygen atoms in total. The predicted molar refractivity (Wildman–Crippen MR) is 77.4 cm³/mol. The topological polar surface area (TPSA) is 89.2 Å². The van der Waals surface area contributed by atoms with Crippen molar-refractivity contribution in [2.75, 3.05) is 18.8 Å². The van der Waals surface area contributed by atoms with Crippen LogP contribution in [0.25, 0.3) is 0 Å². The van der Waals surface area contributed by atoms with Gasteiger partial charge in [0, 0.05) is 13.1 Å². The lowest BCUT2D eigenvalue weighted by Crippen LogP contribution is -2.32. The van der Waals surface area contributed by atoms with Crippen molar-refractivity contribution >= 4 is 16.0 Å². The second-order valence-electron chi connectivity index (χ2n) is 5.62. The minimum Gasteiger partial charge on any atom is -0.368 e. The van der Waals surface area contributed by atoms with Crippen LogP contribution in [0, 0.1) is 11.8 Å². The van der Waals surface area contributed by atoms with Gasteiger partial charge in [0.05, 0.1) is 12.4 Å². The number of nitrogen functional groups attached to an aromatic ring is 1. The molecule has 0 radical (unpaired) electrons. The van der Waals surface area contributed by atoms with E-state index in [-0.39, 0.29) is 10.8 Å². The fourth-order valence-electron chi connectivity index (χ4n) is 2.61. The van der Waals surface area contributed by atoms with Gasteiger partial charge in [-0.15, -0.1) is 0 Å². The third kappa shape index (κ3) is 3.27. The maximum Gasteiger partial charge on any atom is 0.246 e. The summed E-state index contributed by atoms with van der Waals surface area (Å²) in [6.45, 7) is 5.52. The van der Waals surface area contributed by atoms with E-state index < -0.39 is 10.0 Å². The molecule has 1 aliphatic heterocycles. The summed E-state index contributed by atoms with van der Waals surface area (Å²) in [7, 11) is -3.50. The summed E-state index contributed by atoms with van der Waals surface area (Å²) in [6.07, 6.45) is 5.46. The third-order valence-corrected chi connectivity index (χ3v) is 5.81. The van der Waals surface area contributed by atoms with Gasteiger partial charge in [0.15, 0.2) is 0 Å².